The third kappa shape index (κ3) is 4.56. The zero-order valence-electron chi connectivity index (χ0n) is 17.9. The van der Waals surface area contributed by atoms with Crippen LogP contribution in [0.5, 0.6) is 0 Å². The molecule has 1 aliphatic rings. The molecule has 0 unspecified atom stereocenters. The van der Waals surface area contributed by atoms with Crippen LogP contribution in [0, 0.1) is 5.92 Å². The fourth-order valence-corrected chi connectivity index (χ4v) is 4.06. The number of fused-ring (bicyclic) bond motifs is 1. The second-order valence-electron chi connectivity index (χ2n) is 8.23. The lowest BCUT2D eigenvalue weighted by Gasteiger charge is -2.40. The van der Waals surface area contributed by atoms with Gasteiger partial charge in [-0.15, -0.1) is 11.3 Å². The van der Waals surface area contributed by atoms with Gasteiger partial charge in [0.15, 0.2) is 5.69 Å². The van der Waals surface area contributed by atoms with Crippen LogP contribution in [0.25, 0.3) is 0 Å². The van der Waals surface area contributed by atoms with Gasteiger partial charge in [0.2, 0.25) is 5.91 Å². The second kappa shape index (κ2) is 8.99. The molecule has 1 atom stereocenters. The molecule has 9 heteroatoms. The normalized spacial score (nSPS) is 18.4. The third-order valence-corrected chi connectivity index (χ3v) is 6.40. The Morgan fingerprint density at radius 1 is 1.30 bits per heavy atom. The molecule has 0 aromatic carbocycles. The van der Waals surface area contributed by atoms with Gasteiger partial charge in [-0.05, 0) is 37.1 Å². The molecule has 2 N–H and O–H groups in total. The average molecular weight is 432 g/mol. The first-order valence-electron chi connectivity index (χ1n) is 10.2. The Balaban J connectivity index is 1.68. The summed E-state index contributed by atoms with van der Waals surface area (Å²) < 4.78 is 1.47. The minimum atomic E-state index is -1.07. The van der Waals surface area contributed by atoms with Gasteiger partial charge in [-0.3, -0.25) is 19.1 Å². The van der Waals surface area contributed by atoms with Gasteiger partial charge in [0.05, 0.1) is 6.54 Å². The van der Waals surface area contributed by atoms with Crippen LogP contribution >= 0.6 is 11.3 Å². The van der Waals surface area contributed by atoms with Crippen molar-refractivity contribution in [3.05, 3.63) is 39.8 Å². The fourth-order valence-electron chi connectivity index (χ4n) is 3.35. The number of carbonyl (C=O) groups is 3. The minimum Gasteiger partial charge on any atom is -0.354 e. The second-order valence-corrected chi connectivity index (χ2v) is 9.27. The molecular formula is C21H29N5O3S. The number of amides is 3. The molecule has 0 spiro atoms. The van der Waals surface area contributed by atoms with E-state index in [1.54, 1.807) is 25.3 Å². The first-order valence-corrected chi connectivity index (χ1v) is 11.0. The number of nitrogens with zero attached hydrogens (tertiary/aromatic N) is 3. The smallest absolute Gasteiger partial charge is 0.272 e. The number of hydrogen-bond acceptors (Lipinski definition) is 5. The van der Waals surface area contributed by atoms with Crippen molar-refractivity contribution in [1.82, 2.24) is 25.3 Å². The maximum Gasteiger partial charge on any atom is 0.272 e. The average Bonchev–Trinajstić information content (AvgIpc) is 3.35. The Labute approximate surface area is 180 Å². The number of hydrogen-bond donors (Lipinski definition) is 2. The Kier molecular flexibility index (Phi) is 6.60. The summed E-state index contributed by atoms with van der Waals surface area (Å²) in [7, 11) is 1.61. The van der Waals surface area contributed by atoms with E-state index in [1.165, 1.54) is 20.5 Å². The number of nitrogens with one attached hydrogen (secondary N) is 2. The van der Waals surface area contributed by atoms with E-state index in [-0.39, 0.29) is 30.0 Å². The Bertz CT molecular complexity index is 921. The molecule has 0 saturated heterocycles. The number of rotatable bonds is 8. The van der Waals surface area contributed by atoms with Crippen molar-refractivity contribution in [2.24, 2.45) is 5.92 Å². The molecule has 0 saturated carbocycles. The van der Waals surface area contributed by atoms with Crippen molar-refractivity contribution in [1.29, 1.82) is 0 Å². The maximum atomic E-state index is 12.9. The molecule has 30 heavy (non-hydrogen) atoms. The largest absolute Gasteiger partial charge is 0.354 e. The van der Waals surface area contributed by atoms with Crippen molar-refractivity contribution in [3.8, 4) is 0 Å². The summed E-state index contributed by atoms with van der Waals surface area (Å²) in [5, 5.41) is 12.1. The van der Waals surface area contributed by atoms with Crippen molar-refractivity contribution < 1.29 is 14.4 Å². The van der Waals surface area contributed by atoms with Gasteiger partial charge < -0.3 is 15.5 Å². The molecule has 2 aromatic rings. The van der Waals surface area contributed by atoms with E-state index in [0.717, 1.165) is 12.8 Å². The van der Waals surface area contributed by atoms with E-state index in [0.29, 0.717) is 24.7 Å². The summed E-state index contributed by atoms with van der Waals surface area (Å²) in [6.07, 6.45) is 1.61. The number of carbonyl (C=O) groups excluding carboxylic acids is 3. The molecule has 0 bridgehead atoms. The number of thiophene rings is 1. The molecule has 0 aliphatic carbocycles. The highest BCUT2D eigenvalue weighted by atomic mass is 32.1. The molecule has 0 radical (unpaired) electrons. The van der Waals surface area contributed by atoms with Crippen LogP contribution in [-0.2, 0) is 17.8 Å². The van der Waals surface area contributed by atoms with Gasteiger partial charge in [-0.1, -0.05) is 19.9 Å². The molecule has 8 nitrogen and oxygen atoms in total. The Morgan fingerprint density at radius 3 is 2.73 bits per heavy atom. The van der Waals surface area contributed by atoms with E-state index in [4.69, 9.17) is 0 Å². The van der Waals surface area contributed by atoms with E-state index in [9.17, 15) is 14.4 Å². The van der Waals surface area contributed by atoms with Crippen LogP contribution in [-0.4, -0.2) is 58.1 Å². The zero-order valence-corrected chi connectivity index (χ0v) is 18.7. The fraction of sp³-hybridized carbons (Fsp3) is 0.524. The highest BCUT2D eigenvalue weighted by Crippen LogP contribution is 2.26. The van der Waals surface area contributed by atoms with Crippen molar-refractivity contribution in [2.75, 3.05) is 20.1 Å². The summed E-state index contributed by atoms with van der Waals surface area (Å²) in [4.78, 5) is 40.8. The van der Waals surface area contributed by atoms with Crippen LogP contribution in [0.4, 0.5) is 0 Å². The summed E-state index contributed by atoms with van der Waals surface area (Å²) >= 11 is 1.64. The first-order chi connectivity index (χ1) is 14.2. The van der Waals surface area contributed by atoms with Gasteiger partial charge >= 0.3 is 0 Å². The van der Waals surface area contributed by atoms with Crippen LogP contribution in [0.3, 0.4) is 0 Å². The maximum absolute atomic E-state index is 12.9. The highest BCUT2D eigenvalue weighted by molar-refractivity contribution is 7.09. The van der Waals surface area contributed by atoms with Gasteiger partial charge in [-0.25, -0.2) is 0 Å². The van der Waals surface area contributed by atoms with Crippen molar-refractivity contribution in [3.63, 3.8) is 0 Å². The monoisotopic (exact) mass is 431 g/mol. The molecular weight excluding hydrogens is 402 g/mol. The highest BCUT2D eigenvalue weighted by Gasteiger charge is 2.46. The molecule has 3 amide bonds. The van der Waals surface area contributed by atoms with Gasteiger partial charge in [0, 0.05) is 31.1 Å². The minimum absolute atomic E-state index is 0.183. The molecule has 3 heterocycles. The molecule has 2 aromatic heterocycles. The van der Waals surface area contributed by atoms with Gasteiger partial charge in [0.1, 0.15) is 11.2 Å². The molecule has 1 aliphatic heterocycles. The Morgan fingerprint density at radius 2 is 2.07 bits per heavy atom. The van der Waals surface area contributed by atoms with Crippen LogP contribution in [0.15, 0.2) is 23.6 Å². The lowest BCUT2D eigenvalue weighted by Crippen LogP contribution is -2.62. The van der Waals surface area contributed by atoms with E-state index < -0.39 is 5.54 Å². The number of aromatic nitrogens is 2. The number of likely N-dealkylation sites (N-methyl/N-ethyl adjacent to an activating group) is 1. The zero-order chi connectivity index (χ0) is 21.9. The third-order valence-electron chi connectivity index (χ3n) is 5.47. The van der Waals surface area contributed by atoms with Crippen molar-refractivity contribution >= 4 is 29.1 Å². The van der Waals surface area contributed by atoms with E-state index in [2.05, 4.69) is 29.6 Å². The Hall–Kier alpha value is -2.68. The van der Waals surface area contributed by atoms with Gasteiger partial charge in [0.25, 0.3) is 11.8 Å². The van der Waals surface area contributed by atoms with Crippen molar-refractivity contribution in [2.45, 2.75) is 45.7 Å². The van der Waals surface area contributed by atoms with E-state index >= 15 is 0 Å². The topological polar surface area (TPSA) is 96.3 Å². The first kappa shape index (κ1) is 22.0. The summed E-state index contributed by atoms with van der Waals surface area (Å²) in [6, 6.07) is 5.49. The molecule has 162 valence electrons. The SMILES string of the molecule is CC(C)CCNC(=O)[C@]1(C)Cn2nc(C(=O)NCCc3cccs3)cc2C(=O)N1C. The van der Waals surface area contributed by atoms with Gasteiger partial charge in [-0.2, -0.15) is 5.10 Å². The lowest BCUT2D eigenvalue weighted by atomic mass is 9.95. The lowest BCUT2D eigenvalue weighted by molar-refractivity contribution is -0.132. The van der Waals surface area contributed by atoms with Crippen LogP contribution in [0.2, 0.25) is 0 Å². The quantitative estimate of drug-likeness (QED) is 0.667. The summed E-state index contributed by atoms with van der Waals surface area (Å²) in [6.45, 7) is 7.14. The predicted octanol–water partition coefficient (Wildman–Crippen LogP) is 1.92. The molecule has 3 rings (SSSR count). The van der Waals surface area contributed by atoms with Crippen LogP contribution in [0.1, 0.15) is 53.0 Å². The van der Waals surface area contributed by atoms with Crippen LogP contribution < -0.4 is 10.6 Å². The standard InChI is InChI=1S/C21H29N5O3S/c1-14(2)7-9-23-20(29)21(3)13-26-17(19(28)25(21)4)12-16(24-26)18(27)22-10-8-15-6-5-11-30-15/h5-6,11-12,14H,7-10,13H2,1-4H3,(H,22,27)(H,23,29)/t21-/m0/s1. The summed E-state index contributed by atoms with van der Waals surface area (Å²) in [5.41, 5.74) is -0.573. The van der Waals surface area contributed by atoms with E-state index in [1.807, 2.05) is 17.5 Å². The molecule has 0 fully saturated rings. The summed E-state index contributed by atoms with van der Waals surface area (Å²) in [5.74, 6) is -0.399. The predicted molar refractivity (Wildman–Crippen MR) is 116 cm³/mol.